The van der Waals surface area contributed by atoms with Crippen molar-refractivity contribution < 1.29 is 41.4 Å². The van der Waals surface area contributed by atoms with E-state index in [0.717, 1.165) is 10.2 Å². The van der Waals surface area contributed by atoms with Crippen LogP contribution in [0.3, 0.4) is 0 Å². The normalized spacial score (nSPS) is 12.6. The lowest BCUT2D eigenvalue weighted by atomic mass is 10.1. The second kappa shape index (κ2) is 10.9. The van der Waals surface area contributed by atoms with Crippen LogP contribution in [0.15, 0.2) is 78.1 Å². The Labute approximate surface area is 198 Å². The number of nitrogens with zero attached hydrogens (tertiary/aromatic N) is 2. The minimum absolute atomic E-state index is 0.121. The molecule has 0 aliphatic heterocycles. The standard InChI is InChI=1S/C22H19F2N3O7S/c1-25-21(34-20(30)9-8-19(28)29)15-11-18(14-4-6-16(7-5-14)33-22(23)24)27(13-15)35(31,32)17-3-2-10-26-12-17/h2-13,21-22,25H,1H3,(H,28,29)/b9-8+. The van der Waals surface area contributed by atoms with Gasteiger partial charge in [0.1, 0.15) is 10.6 Å². The number of hydrogen-bond donors (Lipinski definition) is 2. The van der Waals surface area contributed by atoms with Gasteiger partial charge in [-0.3, -0.25) is 10.3 Å². The van der Waals surface area contributed by atoms with E-state index in [1.807, 2.05) is 0 Å². The lowest BCUT2D eigenvalue weighted by Gasteiger charge is -2.14. The van der Waals surface area contributed by atoms with Gasteiger partial charge in [-0.25, -0.2) is 22.0 Å². The number of alkyl halides is 2. The number of halogens is 2. The number of hydrogen-bond acceptors (Lipinski definition) is 8. The molecule has 1 atom stereocenters. The van der Waals surface area contributed by atoms with Gasteiger partial charge in [-0.1, -0.05) is 0 Å². The first-order valence-electron chi connectivity index (χ1n) is 9.84. The molecule has 13 heteroatoms. The number of carbonyl (C=O) groups is 2. The molecule has 0 spiro atoms. The van der Waals surface area contributed by atoms with Gasteiger partial charge in [-0.15, -0.1) is 0 Å². The Hall–Kier alpha value is -4.10. The Morgan fingerprint density at radius 3 is 2.46 bits per heavy atom. The van der Waals surface area contributed by atoms with Crippen molar-refractivity contribution in [1.29, 1.82) is 0 Å². The second-order valence-corrected chi connectivity index (χ2v) is 8.64. The molecule has 0 aliphatic rings. The largest absolute Gasteiger partial charge is 0.478 e. The molecular weight excluding hydrogens is 488 g/mol. The summed E-state index contributed by atoms with van der Waals surface area (Å²) in [6.07, 6.45) is 3.94. The van der Waals surface area contributed by atoms with Crippen molar-refractivity contribution in [2.24, 2.45) is 0 Å². The molecule has 0 saturated heterocycles. The summed E-state index contributed by atoms with van der Waals surface area (Å²) in [6, 6.07) is 9.50. The Bertz CT molecular complexity index is 1320. The maximum Gasteiger partial charge on any atom is 0.387 e. The number of carbonyl (C=O) groups excluding carboxylic acids is 1. The van der Waals surface area contributed by atoms with Gasteiger partial charge in [-0.2, -0.15) is 8.78 Å². The Balaban J connectivity index is 2.07. The van der Waals surface area contributed by atoms with Gasteiger partial charge >= 0.3 is 18.6 Å². The van der Waals surface area contributed by atoms with Crippen LogP contribution in [-0.2, 0) is 24.3 Å². The monoisotopic (exact) mass is 507 g/mol. The van der Waals surface area contributed by atoms with Crippen molar-refractivity contribution in [1.82, 2.24) is 14.3 Å². The van der Waals surface area contributed by atoms with Crippen molar-refractivity contribution in [3.05, 3.63) is 78.8 Å². The number of pyridine rings is 1. The molecule has 2 aromatic heterocycles. The molecule has 1 aromatic carbocycles. The van der Waals surface area contributed by atoms with Crippen LogP contribution in [0.4, 0.5) is 8.78 Å². The Morgan fingerprint density at radius 2 is 1.89 bits per heavy atom. The molecule has 1 unspecified atom stereocenters. The van der Waals surface area contributed by atoms with Gasteiger partial charge in [0.15, 0.2) is 6.23 Å². The van der Waals surface area contributed by atoms with Gasteiger partial charge in [-0.05, 0) is 55.1 Å². The van der Waals surface area contributed by atoms with Crippen LogP contribution in [0.5, 0.6) is 5.75 Å². The molecule has 184 valence electrons. The molecule has 0 amide bonds. The predicted molar refractivity (Wildman–Crippen MR) is 118 cm³/mol. The first-order valence-corrected chi connectivity index (χ1v) is 11.3. The number of carboxylic acids is 1. The van der Waals surface area contributed by atoms with Gasteiger partial charge in [0.05, 0.1) is 5.69 Å². The van der Waals surface area contributed by atoms with E-state index in [9.17, 15) is 26.8 Å². The third-order valence-corrected chi connectivity index (χ3v) is 6.19. The minimum atomic E-state index is -4.17. The van der Waals surface area contributed by atoms with Crippen LogP contribution >= 0.6 is 0 Å². The zero-order valence-electron chi connectivity index (χ0n) is 18.0. The van der Waals surface area contributed by atoms with Gasteiger partial charge in [0.25, 0.3) is 10.0 Å². The minimum Gasteiger partial charge on any atom is -0.478 e. The van der Waals surface area contributed by atoms with Crippen molar-refractivity contribution in [3.8, 4) is 17.0 Å². The summed E-state index contributed by atoms with van der Waals surface area (Å²) in [7, 11) is -2.73. The van der Waals surface area contributed by atoms with Crippen LogP contribution in [0.1, 0.15) is 11.8 Å². The number of carboxylic acid groups (broad SMARTS) is 1. The number of ether oxygens (including phenoxy) is 2. The molecule has 10 nitrogen and oxygen atoms in total. The summed E-state index contributed by atoms with van der Waals surface area (Å²) >= 11 is 0. The number of nitrogens with one attached hydrogen (secondary N) is 1. The molecule has 0 bridgehead atoms. The molecule has 0 aliphatic carbocycles. The zero-order chi connectivity index (χ0) is 25.6. The third-order valence-electron chi connectivity index (χ3n) is 4.53. The lowest BCUT2D eigenvalue weighted by Crippen LogP contribution is -2.22. The molecule has 3 rings (SSSR count). The van der Waals surface area contributed by atoms with Crippen LogP contribution < -0.4 is 10.1 Å². The van der Waals surface area contributed by atoms with Gasteiger partial charge in [0.2, 0.25) is 0 Å². The van der Waals surface area contributed by atoms with E-state index in [4.69, 9.17) is 9.84 Å². The summed E-state index contributed by atoms with van der Waals surface area (Å²) in [5.41, 5.74) is 0.669. The average Bonchev–Trinajstić information content (AvgIpc) is 3.28. The van der Waals surface area contributed by atoms with E-state index in [-0.39, 0.29) is 21.9 Å². The number of benzene rings is 1. The number of aromatic nitrogens is 2. The molecule has 35 heavy (non-hydrogen) atoms. The van der Waals surface area contributed by atoms with E-state index in [1.165, 1.54) is 61.9 Å². The summed E-state index contributed by atoms with van der Waals surface area (Å²) in [5, 5.41) is 11.4. The zero-order valence-corrected chi connectivity index (χ0v) is 18.9. The average molecular weight is 507 g/mol. The molecule has 0 fully saturated rings. The predicted octanol–water partition coefficient (Wildman–Crippen LogP) is 2.79. The SMILES string of the molecule is CNC(OC(=O)/C=C/C(=O)O)c1cc(-c2ccc(OC(F)F)cc2)n(S(=O)(=O)c2cccnc2)c1. The van der Waals surface area contributed by atoms with Gasteiger partial charge in [0, 0.05) is 36.3 Å². The Morgan fingerprint density at radius 1 is 1.17 bits per heavy atom. The molecule has 2 heterocycles. The third kappa shape index (κ3) is 6.28. The first-order chi connectivity index (χ1) is 16.6. The van der Waals surface area contributed by atoms with E-state index in [0.29, 0.717) is 17.7 Å². The van der Waals surface area contributed by atoms with Crippen molar-refractivity contribution in [3.63, 3.8) is 0 Å². The number of esters is 1. The van der Waals surface area contributed by atoms with Crippen molar-refractivity contribution in [2.75, 3.05) is 7.05 Å². The first kappa shape index (κ1) is 25.5. The van der Waals surface area contributed by atoms with E-state index >= 15 is 0 Å². The molecule has 3 aromatic rings. The molecule has 0 radical (unpaired) electrons. The van der Waals surface area contributed by atoms with E-state index in [2.05, 4.69) is 15.0 Å². The van der Waals surface area contributed by atoms with Crippen LogP contribution in [0.2, 0.25) is 0 Å². The fraction of sp³-hybridized carbons (Fsp3) is 0.136. The fourth-order valence-electron chi connectivity index (χ4n) is 3.03. The smallest absolute Gasteiger partial charge is 0.387 e. The highest BCUT2D eigenvalue weighted by atomic mass is 32.2. The number of aliphatic carboxylic acids is 1. The van der Waals surface area contributed by atoms with Gasteiger partial charge < -0.3 is 14.6 Å². The van der Waals surface area contributed by atoms with Crippen molar-refractivity contribution >= 4 is 22.0 Å². The van der Waals surface area contributed by atoms with E-state index in [1.54, 1.807) is 0 Å². The topological polar surface area (TPSA) is 137 Å². The van der Waals surface area contributed by atoms with Crippen LogP contribution in [-0.4, -0.2) is 48.1 Å². The van der Waals surface area contributed by atoms with Crippen LogP contribution in [0, 0.1) is 0 Å². The summed E-state index contributed by atoms with van der Waals surface area (Å²) in [5.74, 6) is -2.45. The fourth-order valence-corrected chi connectivity index (χ4v) is 4.37. The summed E-state index contributed by atoms with van der Waals surface area (Å²) in [6.45, 7) is -3.02. The highest BCUT2D eigenvalue weighted by molar-refractivity contribution is 7.90. The van der Waals surface area contributed by atoms with Crippen LogP contribution in [0.25, 0.3) is 11.3 Å². The Kier molecular flexibility index (Phi) is 7.94. The maximum atomic E-state index is 13.4. The highest BCUT2D eigenvalue weighted by Gasteiger charge is 2.25. The number of rotatable bonds is 10. The lowest BCUT2D eigenvalue weighted by molar-refractivity contribution is -0.145. The molecule has 2 N–H and O–H groups in total. The van der Waals surface area contributed by atoms with E-state index < -0.39 is 34.8 Å². The summed E-state index contributed by atoms with van der Waals surface area (Å²) in [4.78, 5) is 26.3. The maximum absolute atomic E-state index is 13.4. The summed E-state index contributed by atoms with van der Waals surface area (Å²) < 4.78 is 62.2. The quantitative estimate of drug-likeness (QED) is 0.241. The van der Waals surface area contributed by atoms with Crippen molar-refractivity contribution in [2.45, 2.75) is 17.7 Å². The second-order valence-electron chi connectivity index (χ2n) is 6.83. The highest BCUT2D eigenvalue weighted by Crippen LogP contribution is 2.31. The molecule has 0 saturated carbocycles. The molecular formula is C22H19F2N3O7S.